The van der Waals surface area contributed by atoms with Crippen LogP contribution in [0.2, 0.25) is 0 Å². The lowest BCUT2D eigenvalue weighted by Crippen LogP contribution is -2.48. The zero-order chi connectivity index (χ0) is 25.2. The Morgan fingerprint density at radius 1 is 0.972 bits per heavy atom. The van der Waals surface area contributed by atoms with E-state index < -0.39 is 23.4 Å². The summed E-state index contributed by atoms with van der Waals surface area (Å²) in [5.41, 5.74) is 2.96. The van der Waals surface area contributed by atoms with Crippen molar-refractivity contribution in [1.29, 1.82) is 0 Å². The topological polar surface area (TPSA) is 63.7 Å². The van der Waals surface area contributed by atoms with Gasteiger partial charge in [-0.15, -0.1) is 0 Å². The summed E-state index contributed by atoms with van der Waals surface area (Å²) in [4.78, 5) is 44.5. The lowest BCUT2D eigenvalue weighted by molar-refractivity contribution is -0.118. The molecular weight excluding hydrogens is 450 g/mol. The number of anilines is 1. The maximum Gasteiger partial charge on any atom is 0.180 e. The monoisotopic (exact) mass is 477 g/mol. The number of nitrogens with zero attached hydrogens (tertiary/aromatic N) is 1. The molecule has 1 fully saturated rings. The SMILES string of the molecule is CCOc1ccccc1[C@H]1[C@H](C(C)=O)N2c3cc(C)ccc3C=C[C@H]2C12C(=O)c1ccccc1C2=O. The Hall–Kier alpha value is -3.99. The second-order valence-electron chi connectivity index (χ2n) is 9.85. The third-order valence-electron chi connectivity index (χ3n) is 7.93. The summed E-state index contributed by atoms with van der Waals surface area (Å²) in [6, 6.07) is 19.3. The molecule has 0 bridgehead atoms. The zero-order valence-electron chi connectivity index (χ0n) is 20.5. The first-order chi connectivity index (χ1) is 17.4. The van der Waals surface area contributed by atoms with E-state index in [-0.39, 0.29) is 17.3 Å². The summed E-state index contributed by atoms with van der Waals surface area (Å²) in [5, 5.41) is 0. The third-order valence-corrected chi connectivity index (χ3v) is 7.93. The van der Waals surface area contributed by atoms with Gasteiger partial charge in [0.25, 0.3) is 0 Å². The molecule has 0 N–H and O–H groups in total. The summed E-state index contributed by atoms with van der Waals surface area (Å²) < 4.78 is 6.00. The van der Waals surface area contributed by atoms with Crippen LogP contribution in [0.25, 0.3) is 6.08 Å². The Balaban J connectivity index is 1.70. The van der Waals surface area contributed by atoms with Gasteiger partial charge in [0, 0.05) is 28.3 Å². The maximum absolute atomic E-state index is 14.5. The predicted octanol–water partition coefficient (Wildman–Crippen LogP) is 5.42. The van der Waals surface area contributed by atoms with Crippen LogP contribution in [0.1, 0.15) is 57.2 Å². The Bertz CT molecular complexity index is 1430. The summed E-state index contributed by atoms with van der Waals surface area (Å²) in [7, 11) is 0. The number of para-hydroxylation sites is 1. The zero-order valence-corrected chi connectivity index (χ0v) is 20.5. The van der Waals surface area contributed by atoms with Gasteiger partial charge in [-0.3, -0.25) is 14.4 Å². The minimum atomic E-state index is -1.48. The van der Waals surface area contributed by atoms with Gasteiger partial charge in [-0.05, 0) is 44.0 Å². The average molecular weight is 478 g/mol. The van der Waals surface area contributed by atoms with Gasteiger partial charge in [-0.1, -0.05) is 66.7 Å². The molecule has 5 nitrogen and oxygen atoms in total. The number of carbonyl (C=O) groups is 3. The van der Waals surface area contributed by atoms with Crippen molar-refractivity contribution >= 4 is 29.1 Å². The van der Waals surface area contributed by atoms with Gasteiger partial charge in [0.05, 0.1) is 18.7 Å². The molecule has 3 aromatic rings. The molecule has 0 unspecified atom stereocenters. The minimum Gasteiger partial charge on any atom is -0.494 e. The normalized spacial score (nSPS) is 23.0. The summed E-state index contributed by atoms with van der Waals surface area (Å²) in [5.74, 6) is -0.656. The van der Waals surface area contributed by atoms with E-state index in [9.17, 15) is 14.4 Å². The van der Waals surface area contributed by atoms with Crippen LogP contribution in [0.5, 0.6) is 5.75 Å². The van der Waals surface area contributed by atoms with Crippen molar-refractivity contribution in [3.8, 4) is 5.75 Å². The van der Waals surface area contributed by atoms with Crippen LogP contribution in [0.15, 0.2) is 72.8 Å². The molecule has 3 aromatic carbocycles. The van der Waals surface area contributed by atoms with Gasteiger partial charge in [-0.25, -0.2) is 0 Å². The van der Waals surface area contributed by atoms with E-state index in [1.807, 2.05) is 73.4 Å². The molecule has 0 aromatic heterocycles. The smallest absolute Gasteiger partial charge is 0.180 e. The number of benzene rings is 3. The van der Waals surface area contributed by atoms with E-state index in [0.717, 1.165) is 16.8 Å². The van der Waals surface area contributed by atoms with E-state index in [0.29, 0.717) is 29.0 Å². The van der Waals surface area contributed by atoms with E-state index in [1.54, 1.807) is 31.2 Å². The summed E-state index contributed by atoms with van der Waals surface area (Å²) >= 11 is 0. The molecule has 5 heteroatoms. The predicted molar refractivity (Wildman–Crippen MR) is 139 cm³/mol. The first-order valence-corrected chi connectivity index (χ1v) is 12.4. The third kappa shape index (κ3) is 2.80. The van der Waals surface area contributed by atoms with E-state index in [2.05, 4.69) is 0 Å². The van der Waals surface area contributed by atoms with Gasteiger partial charge in [0.2, 0.25) is 0 Å². The second kappa shape index (κ2) is 8.02. The molecule has 1 spiro atoms. The number of rotatable bonds is 4. The molecule has 0 amide bonds. The lowest BCUT2D eigenvalue weighted by atomic mass is 9.64. The first kappa shape index (κ1) is 22.5. The molecule has 6 rings (SSSR count). The van der Waals surface area contributed by atoms with Gasteiger partial charge < -0.3 is 9.64 Å². The van der Waals surface area contributed by atoms with Gasteiger partial charge in [0.1, 0.15) is 11.2 Å². The molecule has 36 heavy (non-hydrogen) atoms. The molecule has 1 saturated heterocycles. The van der Waals surface area contributed by atoms with Crippen molar-refractivity contribution in [2.24, 2.45) is 5.41 Å². The van der Waals surface area contributed by atoms with Crippen molar-refractivity contribution < 1.29 is 19.1 Å². The van der Waals surface area contributed by atoms with Crippen LogP contribution in [-0.4, -0.2) is 36.0 Å². The van der Waals surface area contributed by atoms with Crippen molar-refractivity contribution in [3.05, 3.63) is 101 Å². The average Bonchev–Trinajstić information content (AvgIpc) is 3.31. The quantitative estimate of drug-likeness (QED) is 0.470. The van der Waals surface area contributed by atoms with Crippen LogP contribution in [0.3, 0.4) is 0 Å². The van der Waals surface area contributed by atoms with Crippen LogP contribution >= 0.6 is 0 Å². The van der Waals surface area contributed by atoms with Gasteiger partial charge in [-0.2, -0.15) is 0 Å². The molecule has 1 aliphatic carbocycles. The highest BCUT2D eigenvalue weighted by Crippen LogP contribution is 2.61. The molecule has 180 valence electrons. The maximum atomic E-state index is 14.5. The Morgan fingerprint density at radius 2 is 1.64 bits per heavy atom. The molecular formula is C31H27NO4. The van der Waals surface area contributed by atoms with Crippen LogP contribution in [0.4, 0.5) is 5.69 Å². The largest absolute Gasteiger partial charge is 0.494 e. The molecule has 2 aliphatic heterocycles. The Kier molecular flexibility index (Phi) is 5.01. The molecule has 0 radical (unpaired) electrons. The van der Waals surface area contributed by atoms with E-state index >= 15 is 0 Å². The second-order valence-corrected chi connectivity index (χ2v) is 9.85. The fourth-order valence-electron chi connectivity index (χ4n) is 6.59. The summed E-state index contributed by atoms with van der Waals surface area (Å²) in [6.07, 6.45) is 3.92. The van der Waals surface area contributed by atoms with Crippen molar-refractivity contribution in [3.63, 3.8) is 0 Å². The minimum absolute atomic E-state index is 0.0903. The molecule has 0 saturated carbocycles. The van der Waals surface area contributed by atoms with Crippen LogP contribution < -0.4 is 9.64 Å². The van der Waals surface area contributed by atoms with Crippen molar-refractivity contribution in [1.82, 2.24) is 0 Å². The van der Waals surface area contributed by atoms with E-state index in [4.69, 9.17) is 4.74 Å². The number of ketones is 3. The standard InChI is InChI=1S/C31H27NO4/c1-4-36-25-12-8-7-11-23(25)27-28(19(3)33)32-24-17-18(2)13-14-20(24)15-16-26(32)31(27)29(34)21-9-5-6-10-22(21)30(31)35/h5-17,26-28H,4H2,1-3H3/t26-,27-,28-/m0/s1. The molecule has 3 aliphatic rings. The van der Waals surface area contributed by atoms with Crippen molar-refractivity contribution in [2.75, 3.05) is 11.5 Å². The highest BCUT2D eigenvalue weighted by atomic mass is 16.5. The van der Waals surface area contributed by atoms with Gasteiger partial charge in [0.15, 0.2) is 17.3 Å². The number of ether oxygens (including phenoxy) is 1. The first-order valence-electron chi connectivity index (χ1n) is 12.4. The Morgan fingerprint density at radius 3 is 2.31 bits per heavy atom. The van der Waals surface area contributed by atoms with Gasteiger partial charge >= 0.3 is 0 Å². The highest BCUT2D eigenvalue weighted by Gasteiger charge is 2.71. The van der Waals surface area contributed by atoms with Crippen LogP contribution in [-0.2, 0) is 4.79 Å². The fourth-order valence-corrected chi connectivity index (χ4v) is 6.59. The van der Waals surface area contributed by atoms with Crippen LogP contribution in [0, 0.1) is 12.3 Å². The summed E-state index contributed by atoms with van der Waals surface area (Å²) in [6.45, 7) is 5.89. The fraction of sp³-hybridized carbons (Fsp3) is 0.258. The van der Waals surface area contributed by atoms with Crippen molar-refractivity contribution in [2.45, 2.75) is 38.8 Å². The Labute approximate surface area is 210 Å². The van der Waals surface area contributed by atoms with E-state index in [1.165, 1.54) is 0 Å². The number of fused-ring (bicyclic) bond motifs is 5. The number of aryl methyl sites for hydroxylation is 1. The number of hydrogen-bond donors (Lipinski definition) is 0. The number of carbonyl (C=O) groups excluding carboxylic acids is 3. The highest BCUT2D eigenvalue weighted by molar-refractivity contribution is 6.32. The molecule has 3 atom stereocenters. The molecule has 2 heterocycles. The number of hydrogen-bond acceptors (Lipinski definition) is 5. The number of Topliss-reactive ketones (excluding diaryl/α,β-unsaturated/α-hetero) is 3. The lowest BCUT2D eigenvalue weighted by Gasteiger charge is -2.37.